The monoisotopic (exact) mass is 479 g/mol. The summed E-state index contributed by atoms with van der Waals surface area (Å²) in [7, 11) is 0. The molecule has 2 unspecified atom stereocenters. The second kappa shape index (κ2) is 9.15. The number of benzene rings is 2. The zero-order chi connectivity index (χ0) is 24.6. The first-order valence-electron chi connectivity index (χ1n) is 10.9. The average molecular weight is 480 g/mol. The Morgan fingerprint density at radius 1 is 1.00 bits per heavy atom. The highest BCUT2D eigenvalue weighted by molar-refractivity contribution is 6.32. The quantitative estimate of drug-likeness (QED) is 0.562. The lowest BCUT2D eigenvalue weighted by Crippen LogP contribution is -2.39. The number of hydrogen-bond acceptors (Lipinski definition) is 5. The Morgan fingerprint density at radius 2 is 1.59 bits per heavy atom. The molecule has 34 heavy (non-hydrogen) atoms. The molecule has 2 atom stereocenters. The van der Waals surface area contributed by atoms with Crippen molar-refractivity contribution in [3.8, 4) is 6.07 Å². The van der Waals surface area contributed by atoms with Crippen molar-refractivity contribution in [3.63, 3.8) is 0 Å². The zero-order valence-electron chi connectivity index (χ0n) is 18.6. The van der Waals surface area contributed by atoms with Crippen LogP contribution >= 0.6 is 11.6 Å². The van der Waals surface area contributed by atoms with Crippen molar-refractivity contribution < 1.29 is 9.59 Å². The average Bonchev–Trinajstić information content (AvgIpc) is 3.62. The number of carbonyl (C=O) groups excluding carboxylic acids is 2. The van der Waals surface area contributed by atoms with Gasteiger partial charge in [-0.2, -0.15) is 5.26 Å². The Balaban J connectivity index is 1.48. The third kappa shape index (κ3) is 4.20. The molecule has 1 aromatic heterocycles. The summed E-state index contributed by atoms with van der Waals surface area (Å²) < 4.78 is 2.68. The van der Waals surface area contributed by atoms with Crippen molar-refractivity contribution in [1.82, 2.24) is 9.13 Å². The molecule has 0 spiro atoms. The predicted octanol–water partition coefficient (Wildman–Crippen LogP) is 2.94. The summed E-state index contributed by atoms with van der Waals surface area (Å²) in [5.74, 6) is -1.62. The minimum absolute atomic E-state index is 0.234. The van der Waals surface area contributed by atoms with Gasteiger partial charge < -0.3 is 10.6 Å². The second-order valence-electron chi connectivity index (χ2n) is 8.04. The third-order valence-electron chi connectivity index (χ3n) is 5.95. The van der Waals surface area contributed by atoms with Gasteiger partial charge in [0.05, 0.1) is 33.3 Å². The number of aromatic nitrogens is 2. The van der Waals surface area contributed by atoms with Crippen LogP contribution in [0, 0.1) is 23.2 Å². The highest BCUT2D eigenvalue weighted by Gasteiger charge is 2.48. The third-order valence-corrected chi connectivity index (χ3v) is 6.26. The van der Waals surface area contributed by atoms with Gasteiger partial charge in [-0.3, -0.25) is 23.5 Å². The number of amides is 2. The summed E-state index contributed by atoms with van der Waals surface area (Å²) in [5.41, 5.74) is 0.903. The van der Waals surface area contributed by atoms with Gasteiger partial charge in [-0.1, -0.05) is 11.6 Å². The topological polar surface area (TPSA) is 126 Å². The summed E-state index contributed by atoms with van der Waals surface area (Å²) in [5, 5.41) is 15.0. The Bertz CT molecular complexity index is 1480. The largest absolute Gasteiger partial charge is 0.331 e. The molecule has 0 aliphatic heterocycles. The van der Waals surface area contributed by atoms with Crippen molar-refractivity contribution in [1.29, 1.82) is 5.26 Å². The molecule has 2 aromatic carbocycles. The van der Waals surface area contributed by atoms with Gasteiger partial charge in [-0.05, 0) is 56.7 Å². The smallest absolute Gasteiger partial charge is 0.326 e. The molecule has 1 saturated carbocycles. The Kier molecular flexibility index (Phi) is 6.26. The fourth-order valence-electron chi connectivity index (χ4n) is 4.01. The van der Waals surface area contributed by atoms with Crippen LogP contribution in [0.4, 0.5) is 11.4 Å². The van der Waals surface area contributed by atoms with Crippen LogP contribution in [0.5, 0.6) is 0 Å². The number of nitrogens with zero attached hydrogens (tertiary/aromatic N) is 3. The number of aryl methyl sites for hydroxylation is 1. The van der Waals surface area contributed by atoms with Crippen molar-refractivity contribution in [2.45, 2.75) is 33.4 Å². The van der Waals surface area contributed by atoms with E-state index in [1.807, 2.05) is 13.0 Å². The molecule has 4 rings (SSSR count). The summed E-state index contributed by atoms with van der Waals surface area (Å²) in [6.45, 7) is 4.20. The minimum atomic E-state index is -0.499. The molecule has 2 N–H and O–H groups in total. The number of fused-ring (bicyclic) bond motifs is 1. The number of nitriles is 1. The fraction of sp³-hybridized carbons (Fsp3) is 0.292. The molecule has 9 nitrogen and oxygen atoms in total. The van der Waals surface area contributed by atoms with Crippen molar-refractivity contribution in [2.75, 3.05) is 10.6 Å². The molecular formula is C24H22ClN5O4. The maximum Gasteiger partial charge on any atom is 0.331 e. The fourth-order valence-corrected chi connectivity index (χ4v) is 4.24. The van der Waals surface area contributed by atoms with Crippen LogP contribution in [0.3, 0.4) is 0 Å². The van der Waals surface area contributed by atoms with E-state index in [4.69, 9.17) is 16.9 Å². The number of carbonyl (C=O) groups is 2. The van der Waals surface area contributed by atoms with E-state index >= 15 is 0 Å². The molecule has 1 aliphatic carbocycles. The number of anilines is 2. The van der Waals surface area contributed by atoms with Gasteiger partial charge in [0.15, 0.2) is 0 Å². The molecule has 174 valence electrons. The molecular weight excluding hydrogens is 458 g/mol. The van der Waals surface area contributed by atoms with E-state index in [9.17, 15) is 19.2 Å². The van der Waals surface area contributed by atoms with E-state index in [1.165, 1.54) is 16.7 Å². The lowest BCUT2D eigenvalue weighted by Gasteiger charge is -2.13. The standard InChI is InChI=1S/C24H22ClN5O4/c1-3-29-20-8-7-14(9-18(20)23(33)30(4-2)24(29)34)27-21(31)16-11-17(16)22(32)28-15-6-5-13(12-26)19(25)10-15/h5-10,16-17H,3-4,11H2,1-2H3,(H,27,31)(H,28,32). The summed E-state index contributed by atoms with van der Waals surface area (Å²) >= 11 is 6.00. The van der Waals surface area contributed by atoms with Gasteiger partial charge in [0.1, 0.15) is 6.07 Å². The highest BCUT2D eigenvalue weighted by Crippen LogP contribution is 2.40. The number of nitrogens with one attached hydrogen (secondary N) is 2. The van der Waals surface area contributed by atoms with E-state index in [0.717, 1.165) is 4.57 Å². The number of halogens is 1. The Morgan fingerprint density at radius 3 is 2.15 bits per heavy atom. The number of hydrogen-bond donors (Lipinski definition) is 2. The molecule has 3 aromatic rings. The van der Waals surface area contributed by atoms with Crippen molar-refractivity contribution in [3.05, 3.63) is 67.8 Å². The zero-order valence-corrected chi connectivity index (χ0v) is 19.3. The van der Waals surface area contributed by atoms with Gasteiger partial charge in [0, 0.05) is 24.5 Å². The first-order chi connectivity index (χ1) is 16.3. The summed E-state index contributed by atoms with van der Waals surface area (Å²) in [6, 6.07) is 11.4. The molecule has 2 amide bonds. The maximum atomic E-state index is 12.8. The van der Waals surface area contributed by atoms with E-state index in [1.54, 1.807) is 31.2 Å². The predicted molar refractivity (Wildman–Crippen MR) is 129 cm³/mol. The number of rotatable bonds is 6. The van der Waals surface area contributed by atoms with Crippen LogP contribution in [0.1, 0.15) is 25.8 Å². The first-order valence-corrected chi connectivity index (χ1v) is 11.3. The molecule has 0 bridgehead atoms. The van der Waals surface area contributed by atoms with Crippen molar-refractivity contribution >= 4 is 45.7 Å². The van der Waals surface area contributed by atoms with Gasteiger partial charge in [0.25, 0.3) is 5.56 Å². The van der Waals surface area contributed by atoms with Crippen LogP contribution < -0.4 is 21.9 Å². The van der Waals surface area contributed by atoms with Gasteiger partial charge in [0.2, 0.25) is 11.8 Å². The lowest BCUT2D eigenvalue weighted by atomic mass is 10.2. The Hall–Kier alpha value is -3.90. The molecule has 0 saturated heterocycles. The highest BCUT2D eigenvalue weighted by atomic mass is 35.5. The van der Waals surface area contributed by atoms with E-state index < -0.39 is 17.4 Å². The van der Waals surface area contributed by atoms with E-state index in [2.05, 4.69) is 10.6 Å². The van der Waals surface area contributed by atoms with Crippen LogP contribution in [-0.4, -0.2) is 20.9 Å². The molecule has 1 heterocycles. The molecule has 10 heteroatoms. The van der Waals surface area contributed by atoms with Gasteiger partial charge in [-0.25, -0.2) is 4.79 Å². The Labute approximate surface area is 199 Å². The van der Waals surface area contributed by atoms with E-state index in [-0.39, 0.29) is 29.1 Å². The van der Waals surface area contributed by atoms with Gasteiger partial charge in [-0.15, -0.1) is 0 Å². The second-order valence-corrected chi connectivity index (χ2v) is 8.45. The molecule has 1 fully saturated rings. The van der Waals surface area contributed by atoms with Gasteiger partial charge >= 0.3 is 5.69 Å². The minimum Gasteiger partial charge on any atom is -0.326 e. The van der Waals surface area contributed by atoms with Crippen LogP contribution in [0.2, 0.25) is 5.02 Å². The summed E-state index contributed by atoms with van der Waals surface area (Å²) in [4.78, 5) is 50.5. The maximum absolute atomic E-state index is 12.8. The SMILES string of the molecule is CCn1c(=O)c2cc(NC(=O)C3CC3C(=O)Nc3ccc(C#N)c(Cl)c3)ccc2n(CC)c1=O. The molecule has 1 aliphatic rings. The normalized spacial score (nSPS) is 16.6. The first kappa shape index (κ1) is 23.3. The van der Waals surface area contributed by atoms with Crippen LogP contribution in [0.25, 0.3) is 10.9 Å². The lowest BCUT2D eigenvalue weighted by molar-refractivity contribution is -0.122. The van der Waals surface area contributed by atoms with Crippen LogP contribution in [-0.2, 0) is 22.7 Å². The molecule has 0 radical (unpaired) electrons. The van der Waals surface area contributed by atoms with Crippen LogP contribution in [0.15, 0.2) is 46.0 Å². The van der Waals surface area contributed by atoms with E-state index in [0.29, 0.717) is 40.8 Å². The summed E-state index contributed by atoms with van der Waals surface area (Å²) in [6.07, 6.45) is 0.396. The van der Waals surface area contributed by atoms with Crippen molar-refractivity contribution in [2.24, 2.45) is 11.8 Å².